The van der Waals surface area contributed by atoms with Crippen molar-refractivity contribution in [2.75, 3.05) is 19.0 Å². The molecule has 2 aromatic carbocycles. The largest absolute Gasteiger partial charge is 0.495 e. The van der Waals surface area contributed by atoms with Crippen molar-refractivity contribution < 1.29 is 18.3 Å². The maximum absolute atomic E-state index is 13.6. The van der Waals surface area contributed by atoms with E-state index in [4.69, 9.17) is 4.74 Å². The summed E-state index contributed by atoms with van der Waals surface area (Å²) in [5, 5.41) is 6.74. The molecule has 0 saturated carbocycles. The zero-order valence-electron chi connectivity index (χ0n) is 13.3. The fraction of sp³-hybridized carbons (Fsp3) is 0.176. The molecule has 0 aliphatic heterocycles. The van der Waals surface area contributed by atoms with Gasteiger partial charge in [0.1, 0.15) is 17.4 Å². The smallest absolute Gasteiger partial charge is 0.259 e. The molecule has 0 aromatic heterocycles. The molecule has 126 valence electrons. The van der Waals surface area contributed by atoms with Crippen LogP contribution in [0, 0.1) is 11.6 Å². The second-order valence-corrected chi connectivity index (χ2v) is 4.91. The van der Waals surface area contributed by atoms with Crippen LogP contribution in [0.2, 0.25) is 0 Å². The van der Waals surface area contributed by atoms with Crippen molar-refractivity contribution in [2.45, 2.75) is 6.92 Å². The van der Waals surface area contributed by atoms with Crippen LogP contribution in [0.15, 0.2) is 47.6 Å². The van der Waals surface area contributed by atoms with Crippen molar-refractivity contribution in [1.82, 2.24) is 5.43 Å². The fourth-order valence-corrected chi connectivity index (χ4v) is 2.00. The standard InChI is InChI=1S/C17H17F2N3O2/c1-11(13-8-7-12(18)9-14(13)19)21-22-17(23)10-20-15-5-3-4-6-16(15)24-2/h3-9,20H,10H2,1-2H3,(H,22,23)/b21-11-. The summed E-state index contributed by atoms with van der Waals surface area (Å²) in [6, 6.07) is 10.3. The molecule has 0 atom stereocenters. The van der Waals surface area contributed by atoms with Crippen LogP contribution < -0.4 is 15.5 Å². The van der Waals surface area contributed by atoms with Gasteiger partial charge in [-0.25, -0.2) is 14.2 Å². The molecule has 0 heterocycles. The molecule has 0 fully saturated rings. The van der Waals surface area contributed by atoms with Crippen LogP contribution >= 0.6 is 0 Å². The van der Waals surface area contributed by atoms with Gasteiger partial charge in [-0.2, -0.15) is 5.10 Å². The van der Waals surface area contributed by atoms with Gasteiger partial charge < -0.3 is 10.1 Å². The minimum Gasteiger partial charge on any atom is -0.495 e. The van der Waals surface area contributed by atoms with Gasteiger partial charge in [0.25, 0.3) is 5.91 Å². The maximum atomic E-state index is 13.6. The van der Waals surface area contributed by atoms with Gasteiger partial charge in [0.05, 0.1) is 25.1 Å². The Balaban J connectivity index is 1.94. The van der Waals surface area contributed by atoms with E-state index in [1.54, 1.807) is 12.1 Å². The van der Waals surface area contributed by atoms with Gasteiger partial charge in [0.15, 0.2) is 0 Å². The molecule has 0 aliphatic carbocycles. The van der Waals surface area contributed by atoms with Crippen LogP contribution in [0.3, 0.4) is 0 Å². The third-order valence-corrected chi connectivity index (χ3v) is 3.22. The van der Waals surface area contributed by atoms with Crippen LogP contribution in [-0.4, -0.2) is 25.3 Å². The molecule has 1 amide bonds. The minimum absolute atomic E-state index is 0.0386. The highest BCUT2D eigenvalue weighted by molar-refractivity contribution is 5.99. The molecule has 0 unspecified atom stereocenters. The molecule has 0 aliphatic rings. The van der Waals surface area contributed by atoms with E-state index in [1.807, 2.05) is 12.1 Å². The van der Waals surface area contributed by atoms with E-state index < -0.39 is 17.5 Å². The normalized spacial score (nSPS) is 11.1. The second kappa shape index (κ2) is 8.05. The Morgan fingerprint density at radius 1 is 1.21 bits per heavy atom. The number of ether oxygens (including phenoxy) is 1. The number of hydrogen-bond donors (Lipinski definition) is 2. The van der Waals surface area contributed by atoms with Crippen LogP contribution in [-0.2, 0) is 4.79 Å². The summed E-state index contributed by atoms with van der Waals surface area (Å²) >= 11 is 0. The van der Waals surface area contributed by atoms with Crippen LogP contribution in [0.25, 0.3) is 0 Å². The Kier molecular flexibility index (Phi) is 5.83. The number of hydrogen-bond acceptors (Lipinski definition) is 4. The maximum Gasteiger partial charge on any atom is 0.259 e. The van der Waals surface area contributed by atoms with Crippen molar-refractivity contribution in [1.29, 1.82) is 0 Å². The molecule has 2 rings (SSSR count). The summed E-state index contributed by atoms with van der Waals surface area (Å²) in [6.45, 7) is 1.48. The topological polar surface area (TPSA) is 62.7 Å². The fourth-order valence-electron chi connectivity index (χ4n) is 2.00. The quantitative estimate of drug-likeness (QED) is 0.631. The Bertz CT molecular complexity index is 763. The zero-order chi connectivity index (χ0) is 17.5. The number of anilines is 1. The highest BCUT2D eigenvalue weighted by atomic mass is 19.1. The number of benzene rings is 2. The molecule has 0 spiro atoms. The summed E-state index contributed by atoms with van der Waals surface area (Å²) in [5.41, 5.74) is 3.34. The lowest BCUT2D eigenvalue weighted by Crippen LogP contribution is -2.27. The van der Waals surface area contributed by atoms with Gasteiger partial charge in [0, 0.05) is 11.6 Å². The van der Waals surface area contributed by atoms with Crippen LogP contribution in [0.1, 0.15) is 12.5 Å². The van der Waals surface area contributed by atoms with Gasteiger partial charge in [0.2, 0.25) is 0 Å². The molecule has 2 N–H and O–H groups in total. The first-order chi connectivity index (χ1) is 11.5. The lowest BCUT2D eigenvalue weighted by atomic mass is 10.1. The van der Waals surface area contributed by atoms with E-state index >= 15 is 0 Å². The molecular formula is C17H17F2N3O2. The Labute approximate surface area is 138 Å². The molecule has 0 radical (unpaired) electrons. The first kappa shape index (κ1) is 17.4. The third kappa shape index (κ3) is 4.52. The van der Waals surface area contributed by atoms with Gasteiger partial charge in [-0.05, 0) is 31.2 Å². The van der Waals surface area contributed by atoms with Gasteiger partial charge >= 0.3 is 0 Å². The molecule has 2 aromatic rings. The first-order valence-electron chi connectivity index (χ1n) is 7.16. The first-order valence-corrected chi connectivity index (χ1v) is 7.16. The van der Waals surface area contributed by atoms with Gasteiger partial charge in [-0.3, -0.25) is 4.79 Å². The predicted molar refractivity (Wildman–Crippen MR) is 88.2 cm³/mol. The summed E-state index contributed by atoms with van der Waals surface area (Å²) in [4.78, 5) is 11.8. The summed E-state index contributed by atoms with van der Waals surface area (Å²) in [7, 11) is 1.53. The Hall–Kier alpha value is -2.96. The average molecular weight is 333 g/mol. The highest BCUT2D eigenvalue weighted by Gasteiger charge is 2.08. The van der Waals surface area contributed by atoms with E-state index in [-0.39, 0.29) is 17.8 Å². The number of nitrogens with one attached hydrogen (secondary N) is 2. The lowest BCUT2D eigenvalue weighted by Gasteiger charge is -2.10. The Morgan fingerprint density at radius 2 is 1.96 bits per heavy atom. The number of nitrogens with zero attached hydrogens (tertiary/aromatic N) is 1. The van der Waals surface area contributed by atoms with Crippen LogP contribution in [0.4, 0.5) is 14.5 Å². The van der Waals surface area contributed by atoms with E-state index in [9.17, 15) is 13.6 Å². The third-order valence-electron chi connectivity index (χ3n) is 3.22. The van der Waals surface area contributed by atoms with E-state index in [0.717, 1.165) is 12.1 Å². The number of carbonyl (C=O) groups is 1. The minimum atomic E-state index is -0.738. The van der Waals surface area contributed by atoms with Crippen molar-refractivity contribution in [2.24, 2.45) is 5.10 Å². The number of para-hydroxylation sites is 2. The molecule has 7 heteroatoms. The number of hydrazone groups is 1. The summed E-state index contributed by atoms with van der Waals surface area (Å²) < 4.78 is 31.7. The van der Waals surface area contributed by atoms with Crippen molar-refractivity contribution in [3.63, 3.8) is 0 Å². The molecular weight excluding hydrogens is 316 g/mol. The highest BCUT2D eigenvalue weighted by Crippen LogP contribution is 2.22. The number of amides is 1. The van der Waals surface area contributed by atoms with Gasteiger partial charge in [-0.1, -0.05) is 12.1 Å². The molecule has 5 nitrogen and oxygen atoms in total. The number of halogens is 2. The summed E-state index contributed by atoms with van der Waals surface area (Å²) in [5.74, 6) is -1.21. The van der Waals surface area contributed by atoms with Crippen molar-refractivity contribution >= 4 is 17.3 Å². The number of rotatable bonds is 6. The molecule has 0 bridgehead atoms. The van der Waals surface area contributed by atoms with Crippen LogP contribution in [0.5, 0.6) is 5.75 Å². The number of carbonyl (C=O) groups excluding carboxylic acids is 1. The lowest BCUT2D eigenvalue weighted by molar-refractivity contribution is -0.119. The van der Waals surface area contributed by atoms with Crippen molar-refractivity contribution in [3.8, 4) is 5.75 Å². The summed E-state index contributed by atoms with van der Waals surface area (Å²) in [6.07, 6.45) is 0. The van der Waals surface area contributed by atoms with Gasteiger partial charge in [-0.15, -0.1) is 0 Å². The molecule has 0 saturated heterocycles. The molecule has 24 heavy (non-hydrogen) atoms. The van der Waals surface area contributed by atoms with E-state index in [2.05, 4.69) is 15.8 Å². The Morgan fingerprint density at radius 3 is 2.67 bits per heavy atom. The van der Waals surface area contributed by atoms with Crippen molar-refractivity contribution in [3.05, 3.63) is 59.7 Å². The predicted octanol–water partition coefficient (Wildman–Crippen LogP) is 2.93. The average Bonchev–Trinajstić information content (AvgIpc) is 2.58. The number of methoxy groups -OCH3 is 1. The van der Waals surface area contributed by atoms with E-state index in [1.165, 1.54) is 20.1 Å². The zero-order valence-corrected chi connectivity index (χ0v) is 13.3. The SMILES string of the molecule is COc1ccccc1NCC(=O)N/N=C(/C)c1ccc(F)cc1F. The second-order valence-electron chi connectivity index (χ2n) is 4.91. The van der Waals surface area contributed by atoms with E-state index in [0.29, 0.717) is 11.4 Å². The monoisotopic (exact) mass is 333 g/mol.